The lowest BCUT2D eigenvalue weighted by molar-refractivity contribution is -0.213. The molecule has 0 amide bonds. The van der Waals surface area contributed by atoms with Gasteiger partial charge in [-0.2, -0.15) is 0 Å². The molecule has 0 saturated carbocycles. The van der Waals surface area contributed by atoms with Crippen molar-refractivity contribution in [2.75, 3.05) is 6.61 Å². The van der Waals surface area contributed by atoms with E-state index in [4.69, 9.17) is 4.89 Å². The van der Waals surface area contributed by atoms with Crippen molar-refractivity contribution in [3.8, 4) is 0 Å². The van der Waals surface area contributed by atoms with Crippen molar-refractivity contribution in [2.45, 2.75) is 98.3 Å². The third-order valence-corrected chi connectivity index (χ3v) is 10.1. The Bertz CT molecular complexity index is 813. The van der Waals surface area contributed by atoms with Crippen LogP contribution in [0.1, 0.15) is 93.4 Å². The number of hydrogen-bond acceptors (Lipinski definition) is 4. The van der Waals surface area contributed by atoms with E-state index in [0.29, 0.717) is 6.42 Å². The van der Waals surface area contributed by atoms with Crippen LogP contribution in [0.25, 0.3) is 0 Å². The van der Waals surface area contributed by atoms with E-state index in [1.807, 2.05) is 13.0 Å². The minimum Gasteiger partial charge on any atom is -0.324 e. The molecule has 1 unspecified atom stereocenters. The first-order valence-electron chi connectivity index (χ1n) is 11.4. The standard InChI is InChI=1S/C24H44O7P2/c1-20(2)12-8-13-21(3)14-9-15-22(4)16-10-17-23(5)18-11-19-30-31-33(28,29)24(6,7)32(25,26)27/h12,14,16,18H,8-11,13,15,17,19H2,1-7H3,(H,28,29)(H2,25,26,27). The van der Waals surface area contributed by atoms with E-state index >= 15 is 0 Å². The second-order valence-electron chi connectivity index (χ2n) is 9.29. The summed E-state index contributed by atoms with van der Waals surface area (Å²) in [5.41, 5.74) is 5.35. The van der Waals surface area contributed by atoms with Gasteiger partial charge in [-0.1, -0.05) is 46.6 Å². The minimum atomic E-state index is -4.84. The Balaban J connectivity index is 4.25. The summed E-state index contributed by atoms with van der Waals surface area (Å²) in [5, 5.41) is 0. The molecule has 3 N–H and O–H groups in total. The molecule has 0 fully saturated rings. The molecule has 0 aliphatic rings. The summed E-state index contributed by atoms with van der Waals surface area (Å²) in [6.45, 7) is 12.6. The molecule has 1 atom stereocenters. The Morgan fingerprint density at radius 3 is 1.52 bits per heavy atom. The van der Waals surface area contributed by atoms with Gasteiger partial charge in [-0.05, 0) is 93.4 Å². The SMILES string of the molecule is CC(C)=CCCC(C)=CCCC(C)=CCCC(C)=CCCOOP(=O)(O)C(C)(C)P(=O)(O)O. The molecule has 0 spiro atoms. The molecule has 0 aromatic carbocycles. The largest absolute Gasteiger partial charge is 0.372 e. The van der Waals surface area contributed by atoms with E-state index in [9.17, 15) is 23.8 Å². The smallest absolute Gasteiger partial charge is 0.324 e. The Morgan fingerprint density at radius 1 is 0.727 bits per heavy atom. The summed E-state index contributed by atoms with van der Waals surface area (Å²) in [7, 11) is -9.50. The molecule has 0 saturated heterocycles. The van der Waals surface area contributed by atoms with Gasteiger partial charge in [0.2, 0.25) is 0 Å². The van der Waals surface area contributed by atoms with Crippen LogP contribution in [0, 0.1) is 0 Å². The molecule has 0 aromatic heterocycles. The normalized spacial score (nSPS) is 16.0. The van der Waals surface area contributed by atoms with Crippen LogP contribution in [0.2, 0.25) is 0 Å². The summed E-state index contributed by atoms with van der Waals surface area (Å²) in [6.07, 6.45) is 15.5. The molecule has 9 heteroatoms. The van der Waals surface area contributed by atoms with Crippen LogP contribution in [0.15, 0.2) is 46.6 Å². The van der Waals surface area contributed by atoms with Gasteiger partial charge in [-0.3, -0.25) is 9.13 Å². The van der Waals surface area contributed by atoms with Crippen LogP contribution in [-0.2, 0) is 18.7 Å². The van der Waals surface area contributed by atoms with Gasteiger partial charge in [0, 0.05) is 0 Å². The fourth-order valence-electron chi connectivity index (χ4n) is 2.71. The topological polar surface area (TPSA) is 113 Å². The highest BCUT2D eigenvalue weighted by molar-refractivity contribution is 7.72. The van der Waals surface area contributed by atoms with Crippen molar-refractivity contribution in [1.82, 2.24) is 0 Å². The van der Waals surface area contributed by atoms with Crippen molar-refractivity contribution in [1.29, 1.82) is 0 Å². The molecule has 0 aliphatic carbocycles. The summed E-state index contributed by atoms with van der Waals surface area (Å²) in [6, 6.07) is 0. The average molecular weight is 507 g/mol. The average Bonchev–Trinajstić information content (AvgIpc) is 2.66. The molecule has 0 bridgehead atoms. The highest BCUT2D eigenvalue weighted by atomic mass is 31.2. The summed E-state index contributed by atoms with van der Waals surface area (Å²) >= 11 is 0. The highest BCUT2D eigenvalue weighted by Gasteiger charge is 2.55. The first kappa shape index (κ1) is 32.2. The fourth-order valence-corrected chi connectivity index (χ4v) is 4.52. The Morgan fingerprint density at radius 2 is 1.12 bits per heavy atom. The molecule has 0 radical (unpaired) electrons. The lowest BCUT2D eigenvalue weighted by Crippen LogP contribution is -2.22. The zero-order valence-electron chi connectivity index (χ0n) is 21.3. The maximum Gasteiger partial charge on any atom is 0.372 e. The highest BCUT2D eigenvalue weighted by Crippen LogP contribution is 2.71. The maximum absolute atomic E-state index is 12.1. The Labute approximate surface area is 200 Å². The van der Waals surface area contributed by atoms with Gasteiger partial charge in [0.25, 0.3) is 0 Å². The van der Waals surface area contributed by atoms with Crippen molar-refractivity contribution >= 4 is 15.2 Å². The summed E-state index contributed by atoms with van der Waals surface area (Å²) in [5.74, 6) is 0. The zero-order chi connectivity index (χ0) is 25.7. The van der Waals surface area contributed by atoms with E-state index in [0.717, 1.165) is 52.4 Å². The molecule has 33 heavy (non-hydrogen) atoms. The van der Waals surface area contributed by atoms with E-state index in [1.165, 1.54) is 22.3 Å². The second-order valence-corrected chi connectivity index (χ2v) is 14.2. The molecule has 0 heterocycles. The van der Waals surface area contributed by atoms with Gasteiger partial charge < -0.3 is 14.7 Å². The van der Waals surface area contributed by atoms with Crippen molar-refractivity contribution < 1.29 is 33.4 Å². The summed E-state index contributed by atoms with van der Waals surface area (Å²) < 4.78 is 27.9. The third-order valence-electron chi connectivity index (χ3n) is 5.41. The second kappa shape index (κ2) is 15.3. The molecule has 0 aliphatic heterocycles. The lowest BCUT2D eigenvalue weighted by Gasteiger charge is -2.28. The maximum atomic E-state index is 12.1. The van der Waals surface area contributed by atoms with Crippen LogP contribution in [0.3, 0.4) is 0 Å². The van der Waals surface area contributed by atoms with Crippen molar-refractivity contribution in [2.24, 2.45) is 0 Å². The molecule has 0 aromatic rings. The first-order chi connectivity index (χ1) is 15.1. The number of hydrogen-bond donors (Lipinski definition) is 3. The van der Waals surface area contributed by atoms with Gasteiger partial charge in [0.1, 0.15) is 0 Å². The number of rotatable bonds is 16. The molecule has 7 nitrogen and oxygen atoms in total. The van der Waals surface area contributed by atoms with Gasteiger partial charge in [-0.15, -0.1) is 4.67 Å². The molecular formula is C24H44O7P2. The molecular weight excluding hydrogens is 462 g/mol. The molecule has 0 rings (SSSR count). The lowest BCUT2D eigenvalue weighted by atomic mass is 10.0. The van der Waals surface area contributed by atoms with Crippen molar-refractivity contribution in [3.63, 3.8) is 0 Å². The minimum absolute atomic E-state index is 0.00724. The van der Waals surface area contributed by atoms with Gasteiger partial charge >= 0.3 is 15.2 Å². The van der Waals surface area contributed by atoms with E-state index in [1.54, 1.807) is 0 Å². The van der Waals surface area contributed by atoms with Crippen LogP contribution >= 0.6 is 15.2 Å². The third kappa shape index (κ3) is 13.6. The molecule has 192 valence electrons. The number of allylic oxidation sites excluding steroid dienone is 7. The van der Waals surface area contributed by atoms with Crippen molar-refractivity contribution in [3.05, 3.63) is 46.6 Å². The first-order valence-corrected chi connectivity index (χ1v) is 14.6. The zero-order valence-corrected chi connectivity index (χ0v) is 23.1. The van der Waals surface area contributed by atoms with Gasteiger partial charge in [-0.25, -0.2) is 4.89 Å². The van der Waals surface area contributed by atoms with Gasteiger partial charge in [0.15, 0.2) is 4.90 Å². The Kier molecular flexibility index (Phi) is 14.9. The van der Waals surface area contributed by atoms with Crippen LogP contribution in [-0.4, -0.2) is 26.2 Å². The van der Waals surface area contributed by atoms with Crippen LogP contribution in [0.4, 0.5) is 0 Å². The van der Waals surface area contributed by atoms with Crippen LogP contribution < -0.4 is 0 Å². The summed E-state index contributed by atoms with van der Waals surface area (Å²) in [4.78, 5) is 30.7. The Hall–Kier alpha value is -0.780. The van der Waals surface area contributed by atoms with Crippen LogP contribution in [0.5, 0.6) is 0 Å². The predicted octanol–water partition coefficient (Wildman–Crippen LogP) is 7.57. The fraction of sp³-hybridized carbons (Fsp3) is 0.667. The predicted molar refractivity (Wildman–Crippen MR) is 136 cm³/mol. The van der Waals surface area contributed by atoms with E-state index in [-0.39, 0.29) is 6.61 Å². The monoisotopic (exact) mass is 506 g/mol. The quantitative estimate of drug-likeness (QED) is 0.0650. The van der Waals surface area contributed by atoms with Gasteiger partial charge in [0.05, 0.1) is 6.61 Å². The van der Waals surface area contributed by atoms with E-state index in [2.05, 4.69) is 50.6 Å². The van der Waals surface area contributed by atoms with E-state index < -0.39 is 20.1 Å².